The Morgan fingerprint density at radius 1 is 0.846 bits per heavy atom. The van der Waals surface area contributed by atoms with Gasteiger partial charge in [-0.25, -0.2) is 0 Å². The van der Waals surface area contributed by atoms with Gasteiger partial charge in [-0.2, -0.15) is 0 Å². The van der Waals surface area contributed by atoms with Crippen molar-refractivity contribution in [1.82, 2.24) is 0 Å². The summed E-state index contributed by atoms with van der Waals surface area (Å²) in [5.41, 5.74) is 0.786. The van der Waals surface area contributed by atoms with Crippen LogP contribution in [-0.2, 0) is 14.3 Å². The highest BCUT2D eigenvalue weighted by Gasteiger charge is 2.63. The first kappa shape index (κ1) is 17.7. The molecule has 5 fully saturated rings. The maximum atomic E-state index is 12.1. The van der Waals surface area contributed by atoms with E-state index in [1.54, 1.807) is 0 Å². The minimum Gasteiger partial charge on any atom is -0.348 e. The Balaban J connectivity index is 1.42. The third kappa shape index (κ3) is 2.28. The van der Waals surface area contributed by atoms with Crippen LogP contribution in [0.3, 0.4) is 0 Å². The molecule has 0 radical (unpaired) electrons. The van der Waals surface area contributed by atoms with Crippen molar-refractivity contribution in [3.05, 3.63) is 0 Å². The van der Waals surface area contributed by atoms with Crippen LogP contribution in [0.1, 0.15) is 78.6 Å². The first-order chi connectivity index (χ1) is 12.4. The minimum atomic E-state index is -0.352. The van der Waals surface area contributed by atoms with E-state index >= 15 is 0 Å². The van der Waals surface area contributed by atoms with E-state index in [4.69, 9.17) is 9.47 Å². The van der Waals surface area contributed by atoms with Gasteiger partial charge in [0.2, 0.25) is 0 Å². The second kappa shape index (κ2) is 5.80. The van der Waals surface area contributed by atoms with Gasteiger partial charge in [-0.1, -0.05) is 13.8 Å². The lowest BCUT2D eigenvalue weighted by atomic mass is 9.44. The molecule has 3 nitrogen and oxygen atoms in total. The fraction of sp³-hybridized carbons (Fsp3) is 0.957. The topological polar surface area (TPSA) is 35.5 Å². The number of rotatable bonds is 1. The molecule has 0 N–H and O–H groups in total. The molecule has 4 saturated carbocycles. The van der Waals surface area contributed by atoms with Crippen LogP contribution in [0.5, 0.6) is 0 Å². The molecule has 0 aromatic carbocycles. The average Bonchev–Trinajstić information content (AvgIpc) is 3.19. The van der Waals surface area contributed by atoms with Gasteiger partial charge in [0.15, 0.2) is 5.79 Å². The smallest absolute Gasteiger partial charge is 0.169 e. The van der Waals surface area contributed by atoms with Crippen LogP contribution in [0.15, 0.2) is 0 Å². The highest BCUT2D eigenvalue weighted by atomic mass is 16.7. The molecule has 0 aromatic heterocycles. The SMILES string of the molecule is CC1(C2CCC3C4CC[C@H]5CC(=O)CC[C@]5(C)C4CC[C@@]32C)OCCO1. The summed E-state index contributed by atoms with van der Waals surface area (Å²) >= 11 is 0. The normalized spacial score (nSPS) is 53.0. The Bertz CT molecular complexity index is 594. The number of carbonyl (C=O) groups is 1. The van der Waals surface area contributed by atoms with Crippen molar-refractivity contribution in [3.8, 4) is 0 Å². The molecule has 1 heterocycles. The Labute approximate surface area is 158 Å². The molecule has 1 saturated heterocycles. The Morgan fingerprint density at radius 2 is 1.58 bits per heavy atom. The van der Waals surface area contributed by atoms with Gasteiger partial charge in [-0.05, 0) is 86.4 Å². The summed E-state index contributed by atoms with van der Waals surface area (Å²) in [6, 6.07) is 0. The van der Waals surface area contributed by atoms with Crippen LogP contribution in [0.4, 0.5) is 0 Å². The van der Waals surface area contributed by atoms with E-state index in [1.807, 2.05) is 0 Å². The fourth-order valence-corrected chi connectivity index (χ4v) is 8.64. The average molecular weight is 361 g/mol. The third-order valence-electron chi connectivity index (χ3n) is 9.98. The Kier molecular flexibility index (Phi) is 3.94. The van der Waals surface area contributed by atoms with Gasteiger partial charge in [0.05, 0.1) is 13.2 Å². The van der Waals surface area contributed by atoms with E-state index < -0.39 is 0 Å². The monoisotopic (exact) mass is 360 g/mol. The summed E-state index contributed by atoms with van der Waals surface area (Å²) in [6.45, 7) is 8.82. The zero-order valence-electron chi connectivity index (χ0n) is 16.9. The molecule has 4 unspecified atom stereocenters. The lowest BCUT2D eigenvalue weighted by molar-refractivity contribution is -0.217. The molecule has 0 spiro atoms. The van der Waals surface area contributed by atoms with Gasteiger partial charge in [0.25, 0.3) is 0 Å². The second-order valence-corrected chi connectivity index (χ2v) is 10.8. The molecular weight excluding hydrogens is 324 g/mol. The van der Waals surface area contributed by atoms with E-state index in [-0.39, 0.29) is 5.79 Å². The summed E-state index contributed by atoms with van der Waals surface area (Å²) in [6.07, 6.45) is 10.8. The lowest BCUT2D eigenvalue weighted by Crippen LogP contribution is -2.55. The highest BCUT2D eigenvalue weighted by molar-refractivity contribution is 5.79. The van der Waals surface area contributed by atoms with Crippen LogP contribution in [0.2, 0.25) is 0 Å². The van der Waals surface area contributed by atoms with Crippen LogP contribution in [0, 0.1) is 40.4 Å². The van der Waals surface area contributed by atoms with Crippen LogP contribution in [-0.4, -0.2) is 24.8 Å². The van der Waals surface area contributed by atoms with Crippen LogP contribution >= 0.6 is 0 Å². The largest absolute Gasteiger partial charge is 0.348 e. The van der Waals surface area contributed by atoms with Gasteiger partial charge in [0, 0.05) is 18.8 Å². The molecule has 26 heavy (non-hydrogen) atoms. The van der Waals surface area contributed by atoms with Gasteiger partial charge < -0.3 is 9.47 Å². The number of hydrogen-bond acceptors (Lipinski definition) is 3. The summed E-state index contributed by atoms with van der Waals surface area (Å²) in [7, 11) is 0. The summed E-state index contributed by atoms with van der Waals surface area (Å²) in [4.78, 5) is 12.1. The number of hydrogen-bond donors (Lipinski definition) is 0. The van der Waals surface area contributed by atoms with E-state index in [0.29, 0.717) is 28.4 Å². The van der Waals surface area contributed by atoms with Crippen molar-refractivity contribution in [2.24, 2.45) is 40.4 Å². The predicted octanol–water partition coefficient (Wildman–Crippen LogP) is 4.98. The van der Waals surface area contributed by atoms with Crippen molar-refractivity contribution in [2.75, 3.05) is 13.2 Å². The standard InChI is InChI=1S/C23H36O3/c1-21-10-8-16(24)14-15(21)4-5-17-18-6-7-20(23(3)25-12-13-26-23)22(18,2)11-9-19(17)21/h15,17-20H,4-14H2,1-3H3/t15-,17?,18?,19?,20?,21-,22-/m0/s1. The van der Waals surface area contributed by atoms with Gasteiger partial charge in [0.1, 0.15) is 5.78 Å². The summed E-state index contributed by atoms with van der Waals surface area (Å²) < 4.78 is 12.3. The van der Waals surface area contributed by atoms with Gasteiger partial charge in [-0.3, -0.25) is 4.79 Å². The number of ether oxygens (including phenoxy) is 2. The quantitative estimate of drug-likeness (QED) is 0.662. The van der Waals surface area contributed by atoms with E-state index in [1.165, 1.54) is 38.5 Å². The Morgan fingerprint density at radius 3 is 2.35 bits per heavy atom. The molecule has 5 aliphatic rings. The summed E-state index contributed by atoms with van der Waals surface area (Å²) in [5.74, 6) is 3.90. The molecule has 0 amide bonds. The molecular formula is C23H36O3. The molecule has 3 heteroatoms. The van der Waals surface area contributed by atoms with Crippen LogP contribution < -0.4 is 0 Å². The molecule has 4 aliphatic carbocycles. The van der Waals surface area contributed by atoms with E-state index in [9.17, 15) is 4.79 Å². The highest BCUT2D eigenvalue weighted by Crippen LogP contribution is 2.68. The van der Waals surface area contributed by atoms with Crippen LogP contribution in [0.25, 0.3) is 0 Å². The Hall–Kier alpha value is -0.410. The van der Waals surface area contributed by atoms with Crippen molar-refractivity contribution in [1.29, 1.82) is 0 Å². The maximum absolute atomic E-state index is 12.1. The van der Waals surface area contributed by atoms with Gasteiger partial charge >= 0.3 is 0 Å². The molecule has 7 atom stereocenters. The first-order valence-electron chi connectivity index (χ1n) is 11.2. The third-order valence-corrected chi connectivity index (χ3v) is 9.98. The van der Waals surface area contributed by atoms with Crippen molar-refractivity contribution < 1.29 is 14.3 Å². The van der Waals surface area contributed by atoms with Crippen molar-refractivity contribution in [2.45, 2.75) is 84.3 Å². The predicted molar refractivity (Wildman–Crippen MR) is 101 cm³/mol. The lowest BCUT2D eigenvalue weighted by Gasteiger charge is -2.60. The maximum Gasteiger partial charge on any atom is 0.169 e. The fourth-order valence-electron chi connectivity index (χ4n) is 8.64. The number of fused-ring (bicyclic) bond motifs is 5. The molecule has 146 valence electrons. The van der Waals surface area contributed by atoms with Crippen molar-refractivity contribution in [3.63, 3.8) is 0 Å². The zero-order chi connectivity index (χ0) is 18.2. The number of Topliss-reactive ketones (excluding diaryl/α,β-unsaturated/α-hetero) is 1. The van der Waals surface area contributed by atoms with E-state index in [2.05, 4.69) is 20.8 Å². The molecule has 0 bridgehead atoms. The van der Waals surface area contributed by atoms with Crippen molar-refractivity contribution >= 4 is 5.78 Å². The molecule has 0 aromatic rings. The summed E-state index contributed by atoms with van der Waals surface area (Å²) in [5, 5.41) is 0. The van der Waals surface area contributed by atoms with E-state index in [0.717, 1.165) is 50.2 Å². The zero-order valence-corrected chi connectivity index (χ0v) is 16.9. The number of ketones is 1. The number of carbonyl (C=O) groups excluding carboxylic acids is 1. The molecule has 5 rings (SSSR count). The first-order valence-corrected chi connectivity index (χ1v) is 11.2. The minimum absolute atomic E-state index is 0.352. The molecule has 1 aliphatic heterocycles. The van der Waals surface area contributed by atoms with Gasteiger partial charge in [-0.15, -0.1) is 0 Å². The second-order valence-electron chi connectivity index (χ2n) is 10.8.